The Morgan fingerprint density at radius 3 is 2.80 bits per heavy atom. The Kier molecular flexibility index (Phi) is 2.21. The largest absolute Gasteiger partial charge is 0.497 e. The number of hydrogen-bond donors (Lipinski definition) is 0. The zero-order valence-corrected chi connectivity index (χ0v) is 8.22. The number of ether oxygens (including phenoxy) is 1. The molecule has 0 atom stereocenters. The minimum absolute atomic E-state index is 0.0909. The first kappa shape index (κ1) is 10.1. The van der Waals surface area contributed by atoms with Gasteiger partial charge in [-0.05, 0) is 18.2 Å². The average Bonchev–Trinajstić information content (AvgIpc) is 2.24. The maximum Gasteiger partial charge on any atom is 0.274 e. The molecule has 0 aliphatic heterocycles. The molecule has 4 heteroatoms. The van der Waals surface area contributed by atoms with Crippen molar-refractivity contribution < 1.29 is 18.3 Å². The number of alkyl halides is 2. The number of methoxy groups -OCH3 is 1. The lowest BCUT2D eigenvalue weighted by molar-refractivity contribution is -0.0193. The van der Waals surface area contributed by atoms with E-state index in [1.165, 1.54) is 25.3 Å². The summed E-state index contributed by atoms with van der Waals surface area (Å²) < 4.78 is 31.8. The van der Waals surface area contributed by atoms with Gasteiger partial charge in [-0.1, -0.05) is 0 Å². The summed E-state index contributed by atoms with van der Waals surface area (Å²) in [4.78, 5) is 11.4. The molecule has 0 saturated heterocycles. The second-order valence-corrected chi connectivity index (χ2v) is 3.54. The van der Waals surface area contributed by atoms with Crippen LogP contribution in [0.1, 0.15) is 28.8 Å². The van der Waals surface area contributed by atoms with Crippen LogP contribution in [0.3, 0.4) is 0 Å². The van der Waals surface area contributed by atoms with Gasteiger partial charge in [0.1, 0.15) is 5.75 Å². The van der Waals surface area contributed by atoms with E-state index in [1.54, 1.807) is 0 Å². The first-order valence-corrected chi connectivity index (χ1v) is 4.64. The molecule has 0 fully saturated rings. The van der Waals surface area contributed by atoms with Crippen LogP contribution in [0.15, 0.2) is 18.2 Å². The summed E-state index contributed by atoms with van der Waals surface area (Å²) in [5, 5.41) is 0. The highest BCUT2D eigenvalue weighted by molar-refractivity contribution is 5.99. The highest BCUT2D eigenvalue weighted by Crippen LogP contribution is 2.41. The van der Waals surface area contributed by atoms with Crippen molar-refractivity contribution in [3.63, 3.8) is 0 Å². The summed E-state index contributed by atoms with van der Waals surface area (Å²) in [5.41, 5.74) is -0.0925. The summed E-state index contributed by atoms with van der Waals surface area (Å²) in [6.45, 7) is 0. The quantitative estimate of drug-likeness (QED) is 0.715. The van der Waals surface area contributed by atoms with Gasteiger partial charge in [0.25, 0.3) is 5.92 Å². The molecule has 1 aliphatic carbocycles. The lowest BCUT2D eigenvalue weighted by atomic mass is 9.87. The summed E-state index contributed by atoms with van der Waals surface area (Å²) >= 11 is 0. The van der Waals surface area contributed by atoms with Crippen molar-refractivity contribution in [2.75, 3.05) is 7.11 Å². The molecule has 0 amide bonds. The van der Waals surface area contributed by atoms with E-state index < -0.39 is 12.3 Å². The van der Waals surface area contributed by atoms with Crippen molar-refractivity contribution in [1.82, 2.24) is 0 Å². The highest BCUT2D eigenvalue weighted by Gasteiger charge is 2.40. The number of carbonyl (C=O) groups is 1. The normalized spacial score (nSPS) is 18.5. The van der Waals surface area contributed by atoms with Crippen molar-refractivity contribution >= 4 is 5.78 Å². The number of halogens is 2. The monoisotopic (exact) mass is 212 g/mol. The van der Waals surface area contributed by atoms with Crippen LogP contribution < -0.4 is 4.74 Å². The van der Waals surface area contributed by atoms with Gasteiger partial charge in [-0.3, -0.25) is 4.79 Å². The zero-order chi connectivity index (χ0) is 11.1. The summed E-state index contributed by atoms with van der Waals surface area (Å²) in [6, 6.07) is 4.17. The SMILES string of the molecule is COc1ccc2c(c1)C(F)(F)CCC2=O. The maximum absolute atomic E-state index is 13.5. The zero-order valence-electron chi connectivity index (χ0n) is 8.22. The molecule has 2 rings (SSSR count). The molecule has 0 bridgehead atoms. The van der Waals surface area contributed by atoms with E-state index in [1.807, 2.05) is 0 Å². The fraction of sp³-hybridized carbons (Fsp3) is 0.364. The van der Waals surface area contributed by atoms with Crippen LogP contribution in [0.25, 0.3) is 0 Å². The Balaban J connectivity index is 2.58. The number of hydrogen-bond acceptors (Lipinski definition) is 2. The highest BCUT2D eigenvalue weighted by atomic mass is 19.3. The predicted octanol–water partition coefficient (Wildman–Crippen LogP) is 2.76. The molecule has 0 saturated carbocycles. The van der Waals surface area contributed by atoms with Crippen LogP contribution in [0.2, 0.25) is 0 Å². The number of benzene rings is 1. The first-order chi connectivity index (χ1) is 7.04. The number of ketones is 1. The molecule has 1 aromatic rings. The van der Waals surface area contributed by atoms with E-state index in [4.69, 9.17) is 4.74 Å². The van der Waals surface area contributed by atoms with Crippen LogP contribution in [0.4, 0.5) is 8.78 Å². The van der Waals surface area contributed by atoms with Crippen molar-refractivity contribution in [3.8, 4) is 5.75 Å². The Labute approximate surface area is 85.9 Å². The third kappa shape index (κ3) is 1.60. The van der Waals surface area contributed by atoms with Crippen LogP contribution in [0.5, 0.6) is 5.75 Å². The lowest BCUT2D eigenvalue weighted by Gasteiger charge is -2.24. The molecule has 15 heavy (non-hydrogen) atoms. The average molecular weight is 212 g/mol. The molecule has 0 aromatic heterocycles. The molecule has 0 unspecified atom stereocenters. The predicted molar refractivity (Wildman–Crippen MR) is 50.5 cm³/mol. The van der Waals surface area contributed by atoms with Crippen LogP contribution in [-0.2, 0) is 5.92 Å². The first-order valence-electron chi connectivity index (χ1n) is 4.64. The molecule has 80 valence electrons. The van der Waals surface area contributed by atoms with E-state index in [0.717, 1.165) is 0 Å². The lowest BCUT2D eigenvalue weighted by Crippen LogP contribution is -2.24. The van der Waals surface area contributed by atoms with Crippen LogP contribution in [0, 0.1) is 0 Å². The van der Waals surface area contributed by atoms with Gasteiger partial charge in [0.2, 0.25) is 0 Å². The van der Waals surface area contributed by atoms with Crippen LogP contribution >= 0.6 is 0 Å². The smallest absolute Gasteiger partial charge is 0.274 e. The van der Waals surface area contributed by atoms with E-state index in [2.05, 4.69) is 0 Å². The molecule has 0 radical (unpaired) electrons. The molecule has 2 nitrogen and oxygen atoms in total. The second-order valence-electron chi connectivity index (χ2n) is 3.54. The topological polar surface area (TPSA) is 26.3 Å². The number of Topliss-reactive ketones (excluding diaryl/α,β-unsaturated/α-hetero) is 1. The molecule has 0 heterocycles. The number of rotatable bonds is 1. The Morgan fingerprint density at radius 1 is 1.40 bits per heavy atom. The van der Waals surface area contributed by atoms with Gasteiger partial charge >= 0.3 is 0 Å². The third-order valence-electron chi connectivity index (χ3n) is 2.59. The minimum Gasteiger partial charge on any atom is -0.497 e. The fourth-order valence-electron chi connectivity index (χ4n) is 1.74. The minimum atomic E-state index is -2.92. The van der Waals surface area contributed by atoms with Gasteiger partial charge in [0, 0.05) is 24.0 Å². The van der Waals surface area contributed by atoms with Gasteiger partial charge in [-0.2, -0.15) is 0 Å². The van der Waals surface area contributed by atoms with Crippen molar-refractivity contribution in [2.24, 2.45) is 0 Å². The van der Waals surface area contributed by atoms with E-state index in [0.29, 0.717) is 5.75 Å². The van der Waals surface area contributed by atoms with Crippen molar-refractivity contribution in [2.45, 2.75) is 18.8 Å². The van der Waals surface area contributed by atoms with Crippen molar-refractivity contribution in [1.29, 1.82) is 0 Å². The van der Waals surface area contributed by atoms with Gasteiger partial charge < -0.3 is 4.74 Å². The number of fused-ring (bicyclic) bond motifs is 1. The Hall–Kier alpha value is -1.45. The third-order valence-corrected chi connectivity index (χ3v) is 2.59. The van der Waals surface area contributed by atoms with E-state index in [-0.39, 0.29) is 23.3 Å². The van der Waals surface area contributed by atoms with Gasteiger partial charge in [-0.25, -0.2) is 8.78 Å². The molecule has 0 spiro atoms. The Morgan fingerprint density at radius 2 is 2.13 bits per heavy atom. The summed E-state index contributed by atoms with van der Waals surface area (Å²) in [7, 11) is 1.41. The molecular weight excluding hydrogens is 202 g/mol. The van der Waals surface area contributed by atoms with Gasteiger partial charge in [0.05, 0.1) is 7.11 Å². The summed E-state index contributed by atoms with van der Waals surface area (Å²) in [5.74, 6) is -2.79. The van der Waals surface area contributed by atoms with Crippen LogP contribution in [-0.4, -0.2) is 12.9 Å². The fourth-order valence-corrected chi connectivity index (χ4v) is 1.74. The van der Waals surface area contributed by atoms with Gasteiger partial charge in [-0.15, -0.1) is 0 Å². The second kappa shape index (κ2) is 3.29. The van der Waals surface area contributed by atoms with Crippen molar-refractivity contribution in [3.05, 3.63) is 29.3 Å². The maximum atomic E-state index is 13.5. The molecular formula is C11H10F2O2. The molecule has 0 N–H and O–H groups in total. The van der Waals surface area contributed by atoms with Gasteiger partial charge in [0.15, 0.2) is 5.78 Å². The van der Waals surface area contributed by atoms with E-state index in [9.17, 15) is 13.6 Å². The molecule has 1 aromatic carbocycles. The number of carbonyl (C=O) groups excluding carboxylic acids is 1. The standard InChI is InChI=1S/C11H10F2O2/c1-15-7-2-3-8-9(6-7)11(12,13)5-4-10(8)14/h2-3,6H,4-5H2,1H3. The van der Waals surface area contributed by atoms with E-state index >= 15 is 0 Å². The molecule has 1 aliphatic rings. The Bertz CT molecular complexity index is 413. The summed E-state index contributed by atoms with van der Waals surface area (Å²) in [6.07, 6.45) is -0.502.